The number of rotatable bonds is 6. The first-order chi connectivity index (χ1) is 14.6. The number of fused-ring (bicyclic) bond motifs is 1. The van der Waals surface area contributed by atoms with Gasteiger partial charge < -0.3 is 19.2 Å². The summed E-state index contributed by atoms with van der Waals surface area (Å²) in [4.78, 5) is 29.3. The maximum Gasteiger partial charge on any atom is 0.349 e. The molecule has 7 heteroatoms. The minimum atomic E-state index is -0.604. The van der Waals surface area contributed by atoms with E-state index in [0.29, 0.717) is 30.3 Å². The van der Waals surface area contributed by atoms with Crippen LogP contribution in [0.15, 0.2) is 51.8 Å². The van der Waals surface area contributed by atoms with Crippen molar-refractivity contribution in [1.29, 1.82) is 0 Å². The fourth-order valence-electron chi connectivity index (χ4n) is 3.70. The van der Waals surface area contributed by atoms with Gasteiger partial charge in [0.2, 0.25) is 0 Å². The van der Waals surface area contributed by atoms with Crippen molar-refractivity contribution in [2.24, 2.45) is 0 Å². The predicted molar refractivity (Wildman–Crippen MR) is 112 cm³/mol. The number of nitrogens with zero attached hydrogens (tertiary/aromatic N) is 1. The van der Waals surface area contributed by atoms with Gasteiger partial charge in [-0.05, 0) is 43.5 Å². The lowest BCUT2D eigenvalue weighted by molar-refractivity contribution is 0.0795. The molecule has 7 nitrogen and oxygen atoms in total. The summed E-state index contributed by atoms with van der Waals surface area (Å²) in [5.74, 6) is 0.979. The molecular weight excluding hydrogens is 384 g/mol. The Morgan fingerprint density at radius 2 is 2.03 bits per heavy atom. The van der Waals surface area contributed by atoms with Crippen LogP contribution in [0.25, 0.3) is 10.9 Å². The second-order valence-corrected chi connectivity index (χ2v) is 7.32. The molecule has 1 aliphatic heterocycles. The van der Waals surface area contributed by atoms with Crippen molar-refractivity contribution in [3.63, 3.8) is 0 Å². The quantitative estimate of drug-likeness (QED) is 0.630. The molecule has 3 aromatic rings. The molecule has 1 aliphatic rings. The van der Waals surface area contributed by atoms with Gasteiger partial charge in [0.1, 0.15) is 29.2 Å². The summed E-state index contributed by atoms with van der Waals surface area (Å²) < 4.78 is 16.6. The van der Waals surface area contributed by atoms with Crippen molar-refractivity contribution >= 4 is 16.8 Å². The highest BCUT2D eigenvalue weighted by Gasteiger charge is 2.22. The lowest BCUT2D eigenvalue weighted by atomic mass is 9.95. The molecule has 0 aliphatic carbocycles. The zero-order chi connectivity index (χ0) is 20.9. The molecule has 0 spiro atoms. The minimum absolute atomic E-state index is 0.0395. The Kier molecular flexibility index (Phi) is 6.09. The number of pyridine rings is 1. The van der Waals surface area contributed by atoms with Gasteiger partial charge in [-0.3, -0.25) is 9.78 Å². The molecule has 2 aromatic heterocycles. The second-order valence-electron chi connectivity index (χ2n) is 7.32. The number of amides is 1. The van der Waals surface area contributed by atoms with Gasteiger partial charge in [0, 0.05) is 30.7 Å². The van der Waals surface area contributed by atoms with Crippen LogP contribution < -0.4 is 15.7 Å². The van der Waals surface area contributed by atoms with Crippen molar-refractivity contribution in [3.8, 4) is 5.75 Å². The Morgan fingerprint density at radius 1 is 1.23 bits per heavy atom. The number of carbonyl (C=O) groups excluding carboxylic acids is 1. The number of benzene rings is 1. The number of aromatic nitrogens is 1. The molecule has 0 bridgehead atoms. The molecule has 1 amide bonds. The van der Waals surface area contributed by atoms with E-state index < -0.39 is 11.5 Å². The first-order valence-electron chi connectivity index (χ1n) is 10.1. The molecule has 30 heavy (non-hydrogen) atoms. The van der Waals surface area contributed by atoms with Crippen LogP contribution >= 0.6 is 0 Å². The summed E-state index contributed by atoms with van der Waals surface area (Å²) in [6.07, 6.45) is 3.34. The minimum Gasteiger partial charge on any atom is -0.489 e. The molecule has 1 fully saturated rings. The van der Waals surface area contributed by atoms with E-state index in [9.17, 15) is 9.59 Å². The molecule has 4 rings (SSSR count). The maximum absolute atomic E-state index is 12.5. The van der Waals surface area contributed by atoms with Crippen LogP contribution in [-0.2, 0) is 4.74 Å². The van der Waals surface area contributed by atoms with Crippen LogP contribution in [0.1, 0.15) is 40.4 Å². The van der Waals surface area contributed by atoms with Crippen LogP contribution in [0.5, 0.6) is 5.75 Å². The highest BCUT2D eigenvalue weighted by molar-refractivity contribution is 5.95. The third kappa shape index (κ3) is 4.36. The first-order valence-corrected chi connectivity index (χ1v) is 10.1. The van der Waals surface area contributed by atoms with Crippen LogP contribution in [0.4, 0.5) is 0 Å². The summed E-state index contributed by atoms with van der Waals surface area (Å²) in [6, 6.07) is 11.3. The van der Waals surface area contributed by atoms with Crippen LogP contribution in [0.3, 0.4) is 0 Å². The summed E-state index contributed by atoms with van der Waals surface area (Å²) in [5, 5.41) is 3.72. The van der Waals surface area contributed by atoms with Gasteiger partial charge in [-0.2, -0.15) is 0 Å². The largest absolute Gasteiger partial charge is 0.489 e. The fourth-order valence-corrected chi connectivity index (χ4v) is 3.70. The van der Waals surface area contributed by atoms with Gasteiger partial charge >= 0.3 is 5.63 Å². The van der Waals surface area contributed by atoms with E-state index in [1.165, 1.54) is 0 Å². The number of para-hydroxylation sites is 1. The Bertz CT molecular complexity index is 1100. The summed E-state index contributed by atoms with van der Waals surface area (Å²) in [5.41, 5.74) is 0.821. The SMILES string of the molecule is Cc1cc(C2CCOCC2)oc(=O)c1C(=O)NCCOc1cccc2cccnc12. The zero-order valence-electron chi connectivity index (χ0n) is 16.8. The van der Waals surface area contributed by atoms with E-state index in [1.54, 1.807) is 19.2 Å². The van der Waals surface area contributed by atoms with Gasteiger partial charge in [-0.25, -0.2) is 4.79 Å². The van der Waals surface area contributed by atoms with E-state index in [0.717, 1.165) is 23.7 Å². The Balaban J connectivity index is 1.37. The number of aryl methyl sites for hydroxylation is 1. The molecule has 1 N–H and O–H groups in total. The molecule has 156 valence electrons. The van der Waals surface area contributed by atoms with Crippen molar-refractivity contribution in [2.45, 2.75) is 25.7 Å². The molecule has 3 heterocycles. The first kappa shape index (κ1) is 20.1. The molecule has 0 unspecified atom stereocenters. The van der Waals surface area contributed by atoms with E-state index in [1.807, 2.05) is 30.3 Å². The standard InChI is InChI=1S/C23H24N2O5/c1-15-14-19(16-7-11-28-12-8-16)30-23(27)20(15)22(26)25-10-13-29-18-6-2-4-17-5-3-9-24-21(17)18/h2-6,9,14,16H,7-8,10-13H2,1H3,(H,25,26). The number of nitrogens with one attached hydrogen (secondary N) is 1. The van der Waals surface area contributed by atoms with Gasteiger partial charge in [-0.15, -0.1) is 0 Å². The van der Waals surface area contributed by atoms with Crippen molar-refractivity contribution in [2.75, 3.05) is 26.4 Å². The Labute approximate surface area is 174 Å². The Hall–Kier alpha value is -3.19. The smallest absolute Gasteiger partial charge is 0.349 e. The van der Waals surface area contributed by atoms with E-state index in [2.05, 4.69) is 10.3 Å². The molecule has 0 saturated carbocycles. The highest BCUT2D eigenvalue weighted by Crippen LogP contribution is 2.27. The topological polar surface area (TPSA) is 90.7 Å². The van der Waals surface area contributed by atoms with Crippen molar-refractivity contribution in [1.82, 2.24) is 10.3 Å². The van der Waals surface area contributed by atoms with E-state index >= 15 is 0 Å². The van der Waals surface area contributed by atoms with E-state index in [4.69, 9.17) is 13.9 Å². The maximum atomic E-state index is 12.5. The van der Waals surface area contributed by atoms with Crippen LogP contribution in [0, 0.1) is 6.92 Å². The monoisotopic (exact) mass is 408 g/mol. The number of ether oxygens (including phenoxy) is 2. The predicted octanol–water partition coefficient (Wildman–Crippen LogP) is 3.20. The summed E-state index contributed by atoms with van der Waals surface area (Å²) >= 11 is 0. The molecule has 1 aromatic carbocycles. The number of hydrogen-bond donors (Lipinski definition) is 1. The van der Waals surface area contributed by atoms with Crippen molar-refractivity contribution in [3.05, 3.63) is 69.9 Å². The molecular formula is C23H24N2O5. The van der Waals surface area contributed by atoms with Gasteiger partial charge in [0.15, 0.2) is 0 Å². The average molecular weight is 408 g/mol. The molecule has 0 radical (unpaired) electrons. The lowest BCUT2D eigenvalue weighted by Gasteiger charge is -2.21. The number of hydrogen-bond acceptors (Lipinski definition) is 6. The third-order valence-electron chi connectivity index (χ3n) is 5.26. The zero-order valence-corrected chi connectivity index (χ0v) is 16.8. The Morgan fingerprint density at radius 3 is 2.83 bits per heavy atom. The van der Waals surface area contributed by atoms with Gasteiger partial charge in [-0.1, -0.05) is 18.2 Å². The third-order valence-corrected chi connectivity index (χ3v) is 5.26. The summed E-state index contributed by atoms with van der Waals surface area (Å²) in [6.45, 7) is 3.57. The van der Waals surface area contributed by atoms with Crippen LogP contribution in [-0.4, -0.2) is 37.3 Å². The van der Waals surface area contributed by atoms with Crippen LogP contribution in [0.2, 0.25) is 0 Å². The summed E-state index contributed by atoms with van der Waals surface area (Å²) in [7, 11) is 0. The average Bonchev–Trinajstić information content (AvgIpc) is 2.77. The highest BCUT2D eigenvalue weighted by atomic mass is 16.5. The molecule has 1 saturated heterocycles. The molecule has 0 atom stereocenters. The lowest BCUT2D eigenvalue weighted by Crippen LogP contribution is -2.32. The van der Waals surface area contributed by atoms with Crippen molar-refractivity contribution < 1.29 is 18.7 Å². The van der Waals surface area contributed by atoms with E-state index in [-0.39, 0.29) is 24.6 Å². The van der Waals surface area contributed by atoms with Gasteiger partial charge in [0.05, 0.1) is 6.54 Å². The van der Waals surface area contributed by atoms with Gasteiger partial charge in [0.25, 0.3) is 5.91 Å². The number of carbonyl (C=O) groups is 1. The second kappa shape index (κ2) is 9.09. The fraction of sp³-hybridized carbons (Fsp3) is 0.348. The normalized spacial score (nSPS) is 14.6.